The maximum Gasteiger partial charge on any atom is 0.338 e. The number of carboxylic acid groups (broad SMARTS) is 1. The monoisotopic (exact) mass is 305 g/mol. The molecule has 0 aliphatic heterocycles. The SMILES string of the molecule is O=C(CSc1ncccc1C(=O)O)NC(=O)c1ccc[nH]1. The normalized spacial score (nSPS) is 10.1. The molecular formula is C13H11N3O4S. The van der Waals surface area contributed by atoms with Crippen molar-refractivity contribution in [3.8, 4) is 0 Å². The summed E-state index contributed by atoms with van der Waals surface area (Å²) >= 11 is 0.956. The first-order valence-electron chi connectivity index (χ1n) is 5.86. The first kappa shape index (κ1) is 14.8. The van der Waals surface area contributed by atoms with Gasteiger partial charge in [0, 0.05) is 12.4 Å². The van der Waals surface area contributed by atoms with E-state index in [9.17, 15) is 14.4 Å². The zero-order valence-electron chi connectivity index (χ0n) is 10.7. The minimum Gasteiger partial charge on any atom is -0.478 e. The third-order valence-electron chi connectivity index (χ3n) is 2.44. The fourth-order valence-electron chi connectivity index (χ4n) is 1.50. The summed E-state index contributed by atoms with van der Waals surface area (Å²) in [6.07, 6.45) is 3.01. The molecule has 0 radical (unpaired) electrons. The molecule has 2 amide bonds. The highest BCUT2D eigenvalue weighted by Gasteiger charge is 2.15. The van der Waals surface area contributed by atoms with E-state index in [1.54, 1.807) is 12.3 Å². The number of thioether (sulfide) groups is 1. The lowest BCUT2D eigenvalue weighted by Gasteiger charge is -2.04. The smallest absolute Gasteiger partial charge is 0.338 e. The van der Waals surface area contributed by atoms with E-state index < -0.39 is 17.8 Å². The molecule has 8 heteroatoms. The van der Waals surface area contributed by atoms with Gasteiger partial charge in [0.25, 0.3) is 5.91 Å². The van der Waals surface area contributed by atoms with E-state index in [-0.39, 0.29) is 22.0 Å². The van der Waals surface area contributed by atoms with E-state index in [0.29, 0.717) is 0 Å². The molecule has 0 aliphatic rings. The molecule has 0 saturated carbocycles. The first-order chi connectivity index (χ1) is 10.1. The van der Waals surface area contributed by atoms with Crippen molar-refractivity contribution in [2.24, 2.45) is 0 Å². The van der Waals surface area contributed by atoms with E-state index in [4.69, 9.17) is 5.11 Å². The van der Waals surface area contributed by atoms with Crippen LogP contribution in [-0.2, 0) is 4.79 Å². The van der Waals surface area contributed by atoms with Crippen LogP contribution in [0, 0.1) is 0 Å². The van der Waals surface area contributed by atoms with Crippen LogP contribution in [-0.4, -0.2) is 38.6 Å². The minimum atomic E-state index is -1.12. The number of aromatic nitrogens is 2. The Morgan fingerprint density at radius 3 is 2.76 bits per heavy atom. The summed E-state index contributed by atoms with van der Waals surface area (Å²) in [5.74, 6) is -2.29. The Morgan fingerprint density at radius 1 is 1.29 bits per heavy atom. The molecule has 2 aromatic rings. The number of carbonyl (C=O) groups is 3. The van der Waals surface area contributed by atoms with Gasteiger partial charge in [0.15, 0.2) is 0 Å². The molecule has 3 N–H and O–H groups in total. The van der Waals surface area contributed by atoms with Gasteiger partial charge in [-0.25, -0.2) is 9.78 Å². The van der Waals surface area contributed by atoms with Crippen LogP contribution >= 0.6 is 11.8 Å². The summed E-state index contributed by atoms with van der Waals surface area (Å²) in [5.41, 5.74) is 0.295. The first-order valence-corrected chi connectivity index (χ1v) is 6.85. The van der Waals surface area contributed by atoms with Crippen molar-refractivity contribution in [3.05, 3.63) is 47.9 Å². The number of carboxylic acids is 1. The molecule has 0 saturated heterocycles. The highest BCUT2D eigenvalue weighted by atomic mass is 32.2. The maximum atomic E-state index is 11.7. The van der Waals surface area contributed by atoms with Gasteiger partial charge < -0.3 is 10.1 Å². The Labute approximate surface area is 123 Å². The number of hydrogen-bond donors (Lipinski definition) is 3. The topological polar surface area (TPSA) is 112 Å². The van der Waals surface area contributed by atoms with Gasteiger partial charge in [-0.2, -0.15) is 0 Å². The van der Waals surface area contributed by atoms with Crippen LogP contribution in [0.3, 0.4) is 0 Å². The van der Waals surface area contributed by atoms with Gasteiger partial charge in [0.2, 0.25) is 5.91 Å². The molecular weight excluding hydrogens is 294 g/mol. The number of aromatic amines is 1. The van der Waals surface area contributed by atoms with Crippen molar-refractivity contribution in [2.45, 2.75) is 5.03 Å². The lowest BCUT2D eigenvalue weighted by atomic mass is 10.3. The number of nitrogens with zero attached hydrogens (tertiary/aromatic N) is 1. The second-order valence-corrected chi connectivity index (χ2v) is 4.88. The van der Waals surface area contributed by atoms with Crippen LogP contribution in [0.5, 0.6) is 0 Å². The number of H-pyrrole nitrogens is 1. The van der Waals surface area contributed by atoms with E-state index in [1.165, 1.54) is 24.4 Å². The van der Waals surface area contributed by atoms with Crippen molar-refractivity contribution in [1.29, 1.82) is 0 Å². The van der Waals surface area contributed by atoms with Gasteiger partial charge in [-0.3, -0.25) is 14.9 Å². The number of aromatic carboxylic acids is 1. The fraction of sp³-hybridized carbons (Fsp3) is 0.0769. The molecule has 0 bridgehead atoms. The Balaban J connectivity index is 1.93. The second-order valence-electron chi connectivity index (χ2n) is 3.91. The van der Waals surface area contributed by atoms with Crippen molar-refractivity contribution < 1.29 is 19.5 Å². The highest BCUT2D eigenvalue weighted by Crippen LogP contribution is 2.19. The molecule has 2 aromatic heterocycles. The van der Waals surface area contributed by atoms with Crippen LogP contribution in [0.4, 0.5) is 0 Å². The second kappa shape index (κ2) is 6.71. The van der Waals surface area contributed by atoms with Crippen LogP contribution in [0.25, 0.3) is 0 Å². The Morgan fingerprint density at radius 2 is 2.10 bits per heavy atom. The molecule has 7 nitrogen and oxygen atoms in total. The third kappa shape index (κ3) is 3.93. The molecule has 21 heavy (non-hydrogen) atoms. The van der Waals surface area contributed by atoms with Gasteiger partial charge >= 0.3 is 5.97 Å². The van der Waals surface area contributed by atoms with Crippen molar-refractivity contribution >= 4 is 29.5 Å². The number of amides is 2. The zero-order chi connectivity index (χ0) is 15.2. The van der Waals surface area contributed by atoms with Crippen molar-refractivity contribution in [3.63, 3.8) is 0 Å². The molecule has 0 aromatic carbocycles. The number of nitrogens with one attached hydrogen (secondary N) is 2. The molecule has 108 valence electrons. The van der Waals surface area contributed by atoms with E-state index >= 15 is 0 Å². The largest absolute Gasteiger partial charge is 0.478 e. The number of pyridine rings is 1. The summed E-state index contributed by atoms with van der Waals surface area (Å²) in [6.45, 7) is 0. The van der Waals surface area contributed by atoms with E-state index in [1.807, 2.05) is 0 Å². The lowest BCUT2D eigenvalue weighted by molar-refractivity contribution is -0.117. The molecule has 0 aliphatic carbocycles. The summed E-state index contributed by atoms with van der Waals surface area (Å²) in [4.78, 5) is 40.9. The average Bonchev–Trinajstić information content (AvgIpc) is 2.99. The van der Waals surface area contributed by atoms with Gasteiger partial charge in [-0.15, -0.1) is 0 Å². The van der Waals surface area contributed by atoms with E-state index in [2.05, 4.69) is 15.3 Å². The molecule has 2 rings (SSSR count). The molecule has 0 unspecified atom stereocenters. The summed E-state index contributed by atoms with van der Waals surface area (Å²) in [6, 6.07) is 6.08. The van der Waals surface area contributed by atoms with Gasteiger partial charge in [-0.1, -0.05) is 11.8 Å². The quantitative estimate of drug-likeness (QED) is 0.715. The maximum absolute atomic E-state index is 11.7. The standard InChI is InChI=1S/C13H11N3O4S/c17-10(16-11(18)9-4-2-5-14-9)7-21-12-8(13(19)20)3-1-6-15-12/h1-6,14H,7H2,(H,19,20)(H,16,17,18). The summed E-state index contributed by atoms with van der Waals surface area (Å²) < 4.78 is 0. The number of hydrogen-bond acceptors (Lipinski definition) is 5. The van der Waals surface area contributed by atoms with Crippen molar-refractivity contribution in [1.82, 2.24) is 15.3 Å². The predicted octanol–water partition coefficient (Wildman–Crippen LogP) is 1.16. The fourth-order valence-corrected chi connectivity index (χ4v) is 2.29. The van der Waals surface area contributed by atoms with Crippen LogP contribution in [0.15, 0.2) is 41.7 Å². The molecule has 0 spiro atoms. The van der Waals surface area contributed by atoms with Gasteiger partial charge in [-0.05, 0) is 24.3 Å². The number of carbonyl (C=O) groups excluding carboxylic acids is 2. The Hall–Kier alpha value is -2.61. The number of imide groups is 1. The molecule has 2 heterocycles. The van der Waals surface area contributed by atoms with Crippen LogP contribution < -0.4 is 5.32 Å². The molecule has 0 atom stereocenters. The van der Waals surface area contributed by atoms with Crippen molar-refractivity contribution in [2.75, 3.05) is 5.75 Å². The van der Waals surface area contributed by atoms with Gasteiger partial charge in [0.1, 0.15) is 10.7 Å². The summed E-state index contributed by atoms with van der Waals surface area (Å²) in [5, 5.41) is 11.4. The van der Waals surface area contributed by atoms with Gasteiger partial charge in [0.05, 0.1) is 11.3 Å². The highest BCUT2D eigenvalue weighted by molar-refractivity contribution is 8.00. The lowest BCUT2D eigenvalue weighted by Crippen LogP contribution is -2.32. The molecule has 0 fully saturated rings. The predicted molar refractivity (Wildman–Crippen MR) is 75.2 cm³/mol. The zero-order valence-corrected chi connectivity index (χ0v) is 11.5. The minimum absolute atomic E-state index is 0.0194. The Kier molecular flexibility index (Phi) is 4.72. The van der Waals surface area contributed by atoms with Crippen LogP contribution in [0.1, 0.15) is 20.8 Å². The summed E-state index contributed by atoms with van der Waals surface area (Å²) in [7, 11) is 0. The van der Waals surface area contributed by atoms with Crippen LogP contribution in [0.2, 0.25) is 0 Å². The third-order valence-corrected chi connectivity index (χ3v) is 3.44. The average molecular weight is 305 g/mol. The number of rotatable bonds is 5. The van der Waals surface area contributed by atoms with E-state index in [0.717, 1.165) is 11.8 Å². The Bertz CT molecular complexity index is 670.